The summed E-state index contributed by atoms with van der Waals surface area (Å²) in [5, 5.41) is 3.59. The Morgan fingerprint density at radius 3 is 2.35 bits per heavy atom. The van der Waals surface area contributed by atoms with Gasteiger partial charge in [0.05, 0.1) is 17.1 Å². The summed E-state index contributed by atoms with van der Waals surface area (Å²) in [6.45, 7) is 1.73. The van der Waals surface area contributed by atoms with Crippen molar-refractivity contribution in [2.45, 2.75) is 12.1 Å². The van der Waals surface area contributed by atoms with Crippen molar-refractivity contribution in [3.63, 3.8) is 0 Å². The van der Waals surface area contributed by atoms with Gasteiger partial charge in [-0.25, -0.2) is 4.98 Å². The Balaban J connectivity index is 1.55. The molecule has 1 heterocycles. The lowest BCUT2D eigenvalue weighted by molar-refractivity contribution is -0.113. The molecule has 3 aromatic carbocycles. The summed E-state index contributed by atoms with van der Waals surface area (Å²) < 4.78 is 1.47. The first-order valence-corrected chi connectivity index (χ1v) is 11.8. The van der Waals surface area contributed by atoms with Gasteiger partial charge >= 0.3 is 0 Å². The molecule has 6 nitrogen and oxygen atoms in total. The maximum atomic E-state index is 13.0. The third-order valence-corrected chi connectivity index (χ3v) is 6.07. The molecule has 1 amide bonds. The van der Waals surface area contributed by atoms with Gasteiger partial charge in [-0.1, -0.05) is 71.9 Å². The van der Waals surface area contributed by atoms with Crippen LogP contribution in [0.4, 0.5) is 5.69 Å². The summed E-state index contributed by atoms with van der Waals surface area (Å²) in [7, 11) is 0. The Bertz CT molecular complexity index is 1410. The van der Waals surface area contributed by atoms with E-state index in [0.717, 1.165) is 11.8 Å². The molecule has 1 N–H and O–H groups in total. The molecule has 0 atom stereocenters. The molecular formula is C26H20ClN3O3S. The number of nitrogens with zero attached hydrogens (tertiary/aromatic N) is 2. The smallest absolute Gasteiger partial charge is 0.258 e. The molecular weight excluding hydrogens is 470 g/mol. The third kappa shape index (κ3) is 5.44. The molecule has 170 valence electrons. The fraction of sp³-hybridized carbons (Fsp3) is 0.0769. The lowest BCUT2D eigenvalue weighted by Gasteiger charge is -2.13. The zero-order valence-electron chi connectivity index (χ0n) is 18.2. The van der Waals surface area contributed by atoms with E-state index in [4.69, 9.17) is 11.6 Å². The average molecular weight is 490 g/mol. The van der Waals surface area contributed by atoms with Crippen molar-refractivity contribution >= 4 is 40.7 Å². The van der Waals surface area contributed by atoms with Gasteiger partial charge in [-0.3, -0.25) is 19.0 Å². The topological polar surface area (TPSA) is 81.1 Å². The van der Waals surface area contributed by atoms with Crippen LogP contribution in [0.5, 0.6) is 0 Å². The highest BCUT2D eigenvalue weighted by atomic mass is 35.5. The predicted octanol–water partition coefficient (Wildman–Crippen LogP) is 5.16. The van der Waals surface area contributed by atoms with E-state index in [-0.39, 0.29) is 23.0 Å². The fourth-order valence-corrected chi connectivity index (χ4v) is 4.39. The molecule has 0 aliphatic heterocycles. The van der Waals surface area contributed by atoms with Crippen molar-refractivity contribution in [1.82, 2.24) is 9.55 Å². The Kier molecular flexibility index (Phi) is 7.25. The van der Waals surface area contributed by atoms with Crippen LogP contribution in [-0.2, 0) is 4.79 Å². The van der Waals surface area contributed by atoms with Gasteiger partial charge in [-0.15, -0.1) is 0 Å². The van der Waals surface area contributed by atoms with E-state index in [1.807, 2.05) is 24.3 Å². The number of amides is 1. The minimum absolute atomic E-state index is 0.00960. The second-order valence-corrected chi connectivity index (χ2v) is 8.79. The number of para-hydroxylation sites is 1. The number of anilines is 1. The van der Waals surface area contributed by atoms with Gasteiger partial charge in [0.25, 0.3) is 5.56 Å². The molecule has 4 aromatic rings. The standard InChI is InChI=1S/C26H20ClN3O3S/c1-17-14-24(32)30(20-10-6-3-7-11-20)26(28-17)34-16-23(31)29-22-13-12-19(27)15-21(22)25(33)18-8-4-2-5-9-18/h2-15H,16H2,1H3,(H,29,31). The maximum Gasteiger partial charge on any atom is 0.258 e. The van der Waals surface area contributed by atoms with Crippen molar-refractivity contribution < 1.29 is 9.59 Å². The summed E-state index contributed by atoms with van der Waals surface area (Å²) in [5.74, 6) is -0.598. The highest BCUT2D eigenvalue weighted by Crippen LogP contribution is 2.25. The number of nitrogens with one attached hydrogen (secondary N) is 1. The summed E-state index contributed by atoms with van der Waals surface area (Å²) in [6, 6.07) is 24.1. The third-order valence-electron chi connectivity index (χ3n) is 4.90. The first-order chi connectivity index (χ1) is 16.4. The molecule has 0 radical (unpaired) electrons. The molecule has 0 spiro atoms. The van der Waals surface area contributed by atoms with Crippen LogP contribution in [0.15, 0.2) is 94.9 Å². The van der Waals surface area contributed by atoms with Crippen LogP contribution in [-0.4, -0.2) is 27.0 Å². The van der Waals surface area contributed by atoms with Crippen LogP contribution in [0.3, 0.4) is 0 Å². The summed E-state index contributed by atoms with van der Waals surface area (Å²) in [4.78, 5) is 42.9. The van der Waals surface area contributed by atoms with Gasteiger partial charge in [0, 0.05) is 27.9 Å². The van der Waals surface area contributed by atoms with Gasteiger partial charge in [-0.2, -0.15) is 0 Å². The summed E-state index contributed by atoms with van der Waals surface area (Å²) in [5.41, 5.74) is 2.15. The van der Waals surface area contributed by atoms with E-state index in [1.165, 1.54) is 16.7 Å². The van der Waals surface area contributed by atoms with Crippen LogP contribution in [0.25, 0.3) is 5.69 Å². The molecule has 0 bridgehead atoms. The Morgan fingerprint density at radius 1 is 0.971 bits per heavy atom. The summed E-state index contributed by atoms with van der Waals surface area (Å²) >= 11 is 7.26. The Hall–Kier alpha value is -3.68. The van der Waals surface area contributed by atoms with Gasteiger partial charge in [0.15, 0.2) is 10.9 Å². The SMILES string of the molecule is Cc1cc(=O)n(-c2ccccc2)c(SCC(=O)Nc2ccc(Cl)cc2C(=O)c2ccccc2)n1. The van der Waals surface area contributed by atoms with Crippen molar-refractivity contribution in [1.29, 1.82) is 0 Å². The predicted molar refractivity (Wildman–Crippen MR) is 135 cm³/mol. The number of rotatable bonds is 7. The van der Waals surface area contributed by atoms with Gasteiger partial charge in [-0.05, 0) is 37.3 Å². The minimum atomic E-state index is -0.343. The number of thioether (sulfide) groups is 1. The van der Waals surface area contributed by atoms with Crippen LogP contribution in [0.1, 0.15) is 21.6 Å². The first kappa shape index (κ1) is 23.5. The van der Waals surface area contributed by atoms with Crippen LogP contribution >= 0.6 is 23.4 Å². The Labute approximate surface area is 205 Å². The van der Waals surface area contributed by atoms with Crippen molar-refractivity contribution in [2.24, 2.45) is 0 Å². The molecule has 0 saturated carbocycles. The highest BCUT2D eigenvalue weighted by Gasteiger charge is 2.17. The quantitative estimate of drug-likeness (QED) is 0.220. The molecule has 0 aliphatic carbocycles. The minimum Gasteiger partial charge on any atom is -0.325 e. The molecule has 1 aromatic heterocycles. The molecule has 0 saturated heterocycles. The van der Waals surface area contributed by atoms with E-state index < -0.39 is 0 Å². The number of hydrogen-bond donors (Lipinski definition) is 1. The molecule has 0 unspecified atom stereocenters. The second kappa shape index (κ2) is 10.5. The highest BCUT2D eigenvalue weighted by molar-refractivity contribution is 7.99. The van der Waals surface area contributed by atoms with Crippen LogP contribution in [0, 0.1) is 6.92 Å². The first-order valence-electron chi connectivity index (χ1n) is 10.4. The molecule has 34 heavy (non-hydrogen) atoms. The molecule has 0 fully saturated rings. The maximum absolute atomic E-state index is 13.0. The average Bonchev–Trinajstić information content (AvgIpc) is 2.84. The fourth-order valence-electron chi connectivity index (χ4n) is 3.36. The lowest BCUT2D eigenvalue weighted by Crippen LogP contribution is -2.22. The van der Waals surface area contributed by atoms with Gasteiger partial charge in [0.2, 0.25) is 5.91 Å². The number of carbonyl (C=O) groups excluding carboxylic acids is 2. The monoisotopic (exact) mass is 489 g/mol. The van der Waals surface area contributed by atoms with Crippen LogP contribution < -0.4 is 10.9 Å². The van der Waals surface area contributed by atoms with Crippen molar-refractivity contribution in [3.8, 4) is 5.69 Å². The van der Waals surface area contributed by atoms with Gasteiger partial charge in [0.1, 0.15) is 0 Å². The number of hydrogen-bond acceptors (Lipinski definition) is 5. The number of aromatic nitrogens is 2. The zero-order valence-corrected chi connectivity index (χ0v) is 19.8. The van der Waals surface area contributed by atoms with Gasteiger partial charge < -0.3 is 5.32 Å². The lowest BCUT2D eigenvalue weighted by atomic mass is 10.0. The van der Waals surface area contributed by atoms with E-state index in [0.29, 0.717) is 38.4 Å². The normalized spacial score (nSPS) is 10.6. The second-order valence-electron chi connectivity index (χ2n) is 7.41. The number of ketones is 1. The number of carbonyl (C=O) groups is 2. The van der Waals surface area contributed by atoms with E-state index in [2.05, 4.69) is 10.3 Å². The van der Waals surface area contributed by atoms with E-state index in [1.54, 1.807) is 55.5 Å². The number of benzene rings is 3. The number of aryl methyl sites for hydroxylation is 1. The van der Waals surface area contributed by atoms with E-state index >= 15 is 0 Å². The zero-order chi connectivity index (χ0) is 24.1. The molecule has 0 aliphatic rings. The van der Waals surface area contributed by atoms with Crippen molar-refractivity contribution in [3.05, 3.63) is 117 Å². The van der Waals surface area contributed by atoms with Crippen molar-refractivity contribution in [2.75, 3.05) is 11.1 Å². The van der Waals surface area contributed by atoms with Crippen LogP contribution in [0.2, 0.25) is 5.02 Å². The largest absolute Gasteiger partial charge is 0.325 e. The Morgan fingerprint density at radius 2 is 1.65 bits per heavy atom. The molecule has 4 rings (SSSR count). The van der Waals surface area contributed by atoms with E-state index in [9.17, 15) is 14.4 Å². The molecule has 8 heteroatoms. The summed E-state index contributed by atoms with van der Waals surface area (Å²) in [6.07, 6.45) is 0. The number of halogens is 1.